The van der Waals surface area contributed by atoms with E-state index in [1.165, 1.54) is 47.1 Å². The summed E-state index contributed by atoms with van der Waals surface area (Å²) in [5, 5.41) is 4.47. The summed E-state index contributed by atoms with van der Waals surface area (Å²) in [6.07, 6.45) is 13.2. The van der Waals surface area contributed by atoms with Crippen LogP contribution in [-0.4, -0.2) is 15.9 Å². The first-order valence-electron chi connectivity index (χ1n) is 12.3. The van der Waals surface area contributed by atoms with E-state index in [0.717, 1.165) is 47.0 Å². The lowest BCUT2D eigenvalue weighted by atomic mass is 9.77. The molecule has 6 rings (SSSR count). The van der Waals surface area contributed by atoms with Crippen LogP contribution < -0.4 is 5.32 Å². The van der Waals surface area contributed by atoms with Gasteiger partial charge in [-0.25, -0.2) is 4.98 Å². The van der Waals surface area contributed by atoms with Crippen molar-refractivity contribution in [1.29, 1.82) is 0 Å². The second-order valence-corrected chi connectivity index (χ2v) is 10.4. The van der Waals surface area contributed by atoms with E-state index in [1.807, 2.05) is 12.3 Å². The first-order valence-corrected chi connectivity index (χ1v) is 12.3. The predicted octanol–water partition coefficient (Wildman–Crippen LogP) is 7.38. The molecule has 0 radical (unpaired) electrons. The minimum atomic E-state index is -0.182. The highest BCUT2D eigenvalue weighted by molar-refractivity contribution is 6.02. The van der Waals surface area contributed by atoms with Crippen molar-refractivity contribution in [3.63, 3.8) is 0 Å². The summed E-state index contributed by atoms with van der Waals surface area (Å²) in [5.74, 6) is 0.667. The number of carbonyl (C=O) groups is 1. The fraction of sp³-hybridized carbons (Fsp3) is 0.379. The number of amides is 1. The maximum atomic E-state index is 12.7. The van der Waals surface area contributed by atoms with Gasteiger partial charge in [0.15, 0.2) is 0 Å². The fourth-order valence-corrected chi connectivity index (χ4v) is 6.55. The van der Waals surface area contributed by atoms with Crippen LogP contribution in [0.5, 0.6) is 0 Å². The number of nitrogens with zero attached hydrogens (tertiary/aromatic N) is 1. The molecule has 3 heterocycles. The molecule has 4 nitrogen and oxygen atoms in total. The van der Waals surface area contributed by atoms with Crippen LogP contribution in [-0.2, 0) is 5.54 Å². The monoisotopic (exact) mass is 441 g/mol. The normalized spacial score (nSPS) is 22.0. The summed E-state index contributed by atoms with van der Waals surface area (Å²) < 4.78 is 0. The molecule has 1 unspecified atom stereocenters. The van der Waals surface area contributed by atoms with Crippen molar-refractivity contribution in [1.82, 2.24) is 15.3 Å². The lowest BCUT2D eigenvalue weighted by Gasteiger charge is -2.34. The summed E-state index contributed by atoms with van der Waals surface area (Å²) in [4.78, 5) is 20.9. The van der Waals surface area contributed by atoms with Crippen molar-refractivity contribution >= 4 is 22.5 Å². The van der Waals surface area contributed by atoms with Gasteiger partial charge in [-0.1, -0.05) is 43.9 Å². The summed E-state index contributed by atoms with van der Waals surface area (Å²) in [6.45, 7) is 6.74. The Morgan fingerprint density at radius 1 is 1.06 bits per heavy atom. The Balaban J connectivity index is 0.00000144. The molecule has 172 valence electrons. The first kappa shape index (κ1) is 20.5. The van der Waals surface area contributed by atoms with Crippen molar-refractivity contribution in [2.45, 2.75) is 64.8 Å². The number of hydrogen-bond donors (Lipinski definition) is 2. The van der Waals surface area contributed by atoms with E-state index in [1.54, 1.807) is 0 Å². The number of hydrogen-bond acceptors (Lipinski definition) is 2. The van der Waals surface area contributed by atoms with E-state index in [0.29, 0.717) is 5.92 Å². The molecule has 3 aromatic rings. The summed E-state index contributed by atoms with van der Waals surface area (Å²) in [6, 6.07) is 8.65. The average molecular weight is 442 g/mol. The molecule has 1 amide bonds. The van der Waals surface area contributed by atoms with E-state index in [2.05, 4.69) is 61.5 Å². The second kappa shape index (κ2) is 7.44. The number of pyridine rings is 1. The zero-order valence-electron chi connectivity index (χ0n) is 19.7. The van der Waals surface area contributed by atoms with E-state index < -0.39 is 0 Å². The Morgan fingerprint density at radius 2 is 1.88 bits per heavy atom. The highest BCUT2D eigenvalue weighted by atomic mass is 16.2. The van der Waals surface area contributed by atoms with Crippen LogP contribution in [0.2, 0.25) is 0 Å². The fourth-order valence-electron chi connectivity index (χ4n) is 6.55. The smallest absolute Gasteiger partial charge is 0.252 e. The van der Waals surface area contributed by atoms with Gasteiger partial charge in [0.05, 0.1) is 5.54 Å². The van der Waals surface area contributed by atoms with Gasteiger partial charge in [-0.3, -0.25) is 4.79 Å². The Labute approximate surface area is 198 Å². The highest BCUT2D eigenvalue weighted by Gasteiger charge is 2.43. The third-order valence-corrected chi connectivity index (χ3v) is 7.95. The molecule has 2 N–H and O–H groups in total. The van der Waals surface area contributed by atoms with Gasteiger partial charge in [-0.2, -0.15) is 0 Å². The van der Waals surface area contributed by atoms with Gasteiger partial charge in [-0.05, 0) is 79.5 Å². The van der Waals surface area contributed by atoms with Crippen molar-refractivity contribution in [3.05, 3.63) is 70.6 Å². The van der Waals surface area contributed by atoms with E-state index in [-0.39, 0.29) is 14.3 Å². The molecule has 1 aromatic carbocycles. The molecule has 0 saturated heterocycles. The third kappa shape index (κ3) is 3.18. The summed E-state index contributed by atoms with van der Waals surface area (Å²) in [5.41, 5.74) is 10.3. The summed E-state index contributed by atoms with van der Waals surface area (Å²) >= 11 is 0. The number of benzene rings is 1. The summed E-state index contributed by atoms with van der Waals surface area (Å²) in [7, 11) is 0. The van der Waals surface area contributed by atoms with Crippen LogP contribution in [0.1, 0.15) is 83.6 Å². The Bertz CT molecular complexity index is 1360. The molecule has 1 spiro atoms. The van der Waals surface area contributed by atoms with Crippen LogP contribution in [0.25, 0.3) is 27.7 Å². The van der Waals surface area contributed by atoms with Gasteiger partial charge >= 0.3 is 0 Å². The van der Waals surface area contributed by atoms with Gasteiger partial charge in [0.2, 0.25) is 0 Å². The van der Waals surface area contributed by atoms with E-state index in [4.69, 9.17) is 4.98 Å². The Kier molecular flexibility index (Phi) is 4.62. The number of carbonyl (C=O) groups excluding carboxylic acids is 1. The van der Waals surface area contributed by atoms with Crippen molar-refractivity contribution < 1.29 is 7.65 Å². The molecule has 1 atom stereocenters. The Hall–Kier alpha value is -3.14. The maximum Gasteiger partial charge on any atom is 0.252 e. The molecular formula is C29H35N3O. The molecule has 1 saturated carbocycles. The van der Waals surface area contributed by atoms with Gasteiger partial charge in [0.1, 0.15) is 5.65 Å². The van der Waals surface area contributed by atoms with E-state index in [9.17, 15) is 4.79 Å². The largest absolute Gasteiger partial charge is 0.346 e. The van der Waals surface area contributed by atoms with Gasteiger partial charge in [0.25, 0.3) is 5.91 Å². The van der Waals surface area contributed by atoms with Crippen molar-refractivity contribution in [2.24, 2.45) is 5.92 Å². The van der Waals surface area contributed by atoms with Crippen molar-refractivity contribution in [2.75, 3.05) is 0 Å². The molecule has 1 fully saturated rings. The minimum absolute atomic E-state index is 0. The quantitative estimate of drug-likeness (QED) is 0.436. The topological polar surface area (TPSA) is 57.8 Å². The Morgan fingerprint density at radius 3 is 2.67 bits per heavy atom. The molecule has 2 aliphatic carbocycles. The number of aromatic amines is 1. The van der Waals surface area contributed by atoms with Crippen molar-refractivity contribution in [3.8, 4) is 11.1 Å². The van der Waals surface area contributed by atoms with Crippen LogP contribution in [0.15, 0.2) is 53.9 Å². The number of nitrogens with one attached hydrogen (secondary N) is 2. The lowest BCUT2D eigenvalue weighted by molar-refractivity contribution is 0.0909. The molecule has 33 heavy (non-hydrogen) atoms. The second-order valence-electron chi connectivity index (χ2n) is 10.4. The maximum absolute atomic E-state index is 12.7. The molecule has 0 bridgehead atoms. The molecular weight excluding hydrogens is 406 g/mol. The number of aromatic nitrogens is 2. The minimum Gasteiger partial charge on any atom is -0.346 e. The standard InChI is InChI=1S/C29H31N3O.2H2/c1-17-11-18(2)26(19(3)12-17)21-13-23-24(16-31-27(23)30-15-21)20-7-8-22-25(14-20)29(32-28(22)33)9-5-4-6-10-29;;/h7-8,11,13-17H,4-6,9-10,12H2,1-3H3,(H,30,31)(H,32,33);2*1H. The van der Waals surface area contributed by atoms with Crippen LogP contribution in [0.3, 0.4) is 0 Å². The zero-order valence-corrected chi connectivity index (χ0v) is 19.7. The number of H-pyrrole nitrogens is 1. The van der Waals surface area contributed by atoms with Gasteiger partial charge in [-0.15, -0.1) is 0 Å². The number of fused-ring (bicyclic) bond motifs is 3. The SMILES string of the molecule is CC1=CC(C)CC(C)=C1c1cnc2[nH]cc(-c3ccc4c(c3)C3(CCCCC3)NC4=O)c2c1.[HH].[HH]. The molecule has 3 aliphatic rings. The highest BCUT2D eigenvalue weighted by Crippen LogP contribution is 2.44. The number of rotatable bonds is 2. The van der Waals surface area contributed by atoms with Gasteiger partial charge in [0, 0.05) is 37.3 Å². The van der Waals surface area contributed by atoms with Crippen LogP contribution in [0.4, 0.5) is 0 Å². The zero-order chi connectivity index (χ0) is 22.7. The molecule has 4 heteroatoms. The predicted molar refractivity (Wildman–Crippen MR) is 138 cm³/mol. The first-order chi connectivity index (χ1) is 15.9. The van der Waals surface area contributed by atoms with Crippen LogP contribution >= 0.6 is 0 Å². The average Bonchev–Trinajstić information content (AvgIpc) is 3.32. The third-order valence-electron chi connectivity index (χ3n) is 7.95. The lowest BCUT2D eigenvalue weighted by Crippen LogP contribution is -2.40. The molecule has 2 aromatic heterocycles. The van der Waals surface area contributed by atoms with E-state index >= 15 is 0 Å². The molecule has 1 aliphatic heterocycles. The number of allylic oxidation sites excluding steroid dienone is 4. The van der Waals surface area contributed by atoms with Crippen LogP contribution in [0, 0.1) is 5.92 Å². The van der Waals surface area contributed by atoms with Gasteiger partial charge < -0.3 is 10.3 Å².